The third-order valence-corrected chi connectivity index (χ3v) is 3.88. The first-order valence-corrected chi connectivity index (χ1v) is 8.11. The molecule has 130 valence electrons. The van der Waals surface area contributed by atoms with Crippen LogP contribution in [0.15, 0.2) is 42.5 Å². The molecule has 6 heteroatoms. The number of hydrogen-bond acceptors (Lipinski definition) is 5. The van der Waals surface area contributed by atoms with E-state index in [0.29, 0.717) is 36.0 Å². The standard InChI is InChI=1S/C19H20N2O4/c1-12(20-15-5-3-14(4-6-15)13(2)22)19(23)21-16-7-8-17-18(11-16)25-10-9-24-17/h3-8,11-12,20H,9-10H2,1-2H3,(H,21,23). The summed E-state index contributed by atoms with van der Waals surface area (Å²) in [5.74, 6) is 1.15. The minimum Gasteiger partial charge on any atom is -0.486 e. The lowest BCUT2D eigenvalue weighted by molar-refractivity contribution is -0.116. The summed E-state index contributed by atoms with van der Waals surface area (Å²) in [6.45, 7) is 4.32. The molecule has 0 radical (unpaired) electrons. The Bertz CT molecular complexity index is 787. The Morgan fingerprint density at radius 2 is 1.60 bits per heavy atom. The summed E-state index contributed by atoms with van der Waals surface area (Å²) in [5.41, 5.74) is 2.06. The van der Waals surface area contributed by atoms with Gasteiger partial charge in [0.05, 0.1) is 0 Å². The highest BCUT2D eigenvalue weighted by atomic mass is 16.6. The van der Waals surface area contributed by atoms with Crippen molar-refractivity contribution in [2.75, 3.05) is 23.8 Å². The van der Waals surface area contributed by atoms with E-state index in [1.165, 1.54) is 6.92 Å². The number of ether oxygens (including phenoxy) is 2. The topological polar surface area (TPSA) is 76.7 Å². The number of anilines is 2. The number of rotatable bonds is 5. The van der Waals surface area contributed by atoms with Gasteiger partial charge in [0.25, 0.3) is 0 Å². The zero-order chi connectivity index (χ0) is 17.8. The second kappa shape index (κ2) is 7.25. The Hall–Kier alpha value is -3.02. The van der Waals surface area contributed by atoms with Gasteiger partial charge in [-0.1, -0.05) is 0 Å². The van der Waals surface area contributed by atoms with Crippen LogP contribution < -0.4 is 20.1 Å². The Labute approximate surface area is 146 Å². The van der Waals surface area contributed by atoms with Gasteiger partial charge in [0.2, 0.25) is 5.91 Å². The van der Waals surface area contributed by atoms with E-state index in [9.17, 15) is 9.59 Å². The van der Waals surface area contributed by atoms with Crippen molar-refractivity contribution in [1.82, 2.24) is 0 Å². The van der Waals surface area contributed by atoms with Crippen LogP contribution in [0.3, 0.4) is 0 Å². The van der Waals surface area contributed by atoms with Gasteiger partial charge in [-0.15, -0.1) is 0 Å². The number of amides is 1. The van der Waals surface area contributed by atoms with E-state index in [1.54, 1.807) is 49.4 Å². The van der Waals surface area contributed by atoms with Crippen LogP contribution in [0.1, 0.15) is 24.2 Å². The summed E-state index contributed by atoms with van der Waals surface area (Å²) in [5, 5.41) is 5.96. The molecule has 1 amide bonds. The summed E-state index contributed by atoms with van der Waals surface area (Å²) < 4.78 is 11.0. The Balaban J connectivity index is 1.61. The summed E-state index contributed by atoms with van der Waals surface area (Å²) in [6, 6.07) is 11.9. The van der Waals surface area contributed by atoms with Crippen LogP contribution in [-0.4, -0.2) is 30.9 Å². The van der Waals surface area contributed by atoms with Crippen molar-refractivity contribution in [2.45, 2.75) is 19.9 Å². The van der Waals surface area contributed by atoms with Crippen LogP contribution in [0.4, 0.5) is 11.4 Å². The lowest BCUT2D eigenvalue weighted by Gasteiger charge is -2.20. The van der Waals surface area contributed by atoms with Gasteiger partial charge >= 0.3 is 0 Å². The lowest BCUT2D eigenvalue weighted by Crippen LogP contribution is -2.31. The molecular weight excluding hydrogens is 320 g/mol. The smallest absolute Gasteiger partial charge is 0.246 e. The predicted octanol–water partition coefficient (Wildman–Crippen LogP) is 3.10. The number of benzene rings is 2. The second-order valence-electron chi connectivity index (χ2n) is 5.85. The highest BCUT2D eigenvalue weighted by Gasteiger charge is 2.16. The first-order valence-electron chi connectivity index (χ1n) is 8.11. The minimum absolute atomic E-state index is 0.0101. The molecule has 0 aliphatic carbocycles. The van der Waals surface area contributed by atoms with Crippen molar-refractivity contribution in [3.8, 4) is 11.5 Å². The average molecular weight is 340 g/mol. The first-order chi connectivity index (χ1) is 12.0. The number of fused-ring (bicyclic) bond motifs is 1. The van der Waals surface area contributed by atoms with E-state index in [0.717, 1.165) is 5.69 Å². The number of carbonyl (C=O) groups excluding carboxylic acids is 2. The van der Waals surface area contributed by atoms with E-state index in [2.05, 4.69) is 10.6 Å². The maximum Gasteiger partial charge on any atom is 0.246 e. The van der Waals surface area contributed by atoms with E-state index in [1.807, 2.05) is 0 Å². The molecule has 1 unspecified atom stereocenters. The largest absolute Gasteiger partial charge is 0.486 e. The fraction of sp³-hybridized carbons (Fsp3) is 0.263. The van der Waals surface area contributed by atoms with Gasteiger partial charge in [-0.25, -0.2) is 0 Å². The van der Waals surface area contributed by atoms with Gasteiger partial charge in [-0.2, -0.15) is 0 Å². The summed E-state index contributed by atoms with van der Waals surface area (Å²) in [4.78, 5) is 23.6. The third kappa shape index (κ3) is 4.09. The van der Waals surface area contributed by atoms with Crippen molar-refractivity contribution < 1.29 is 19.1 Å². The molecule has 6 nitrogen and oxygen atoms in total. The van der Waals surface area contributed by atoms with E-state index < -0.39 is 6.04 Å². The van der Waals surface area contributed by atoms with Gasteiger partial charge in [0, 0.05) is 23.0 Å². The number of nitrogens with one attached hydrogen (secondary N) is 2. The molecule has 1 heterocycles. The van der Waals surface area contributed by atoms with Crippen LogP contribution in [0.25, 0.3) is 0 Å². The summed E-state index contributed by atoms with van der Waals surface area (Å²) >= 11 is 0. The predicted molar refractivity (Wildman–Crippen MR) is 95.6 cm³/mol. The molecule has 1 atom stereocenters. The Morgan fingerprint density at radius 1 is 0.960 bits per heavy atom. The molecule has 0 fully saturated rings. The lowest BCUT2D eigenvalue weighted by atomic mass is 10.1. The minimum atomic E-state index is -0.448. The second-order valence-corrected chi connectivity index (χ2v) is 5.85. The summed E-state index contributed by atoms with van der Waals surface area (Å²) in [7, 11) is 0. The number of Topliss-reactive ketones (excluding diaryl/α,β-unsaturated/α-hetero) is 1. The monoisotopic (exact) mass is 340 g/mol. The molecule has 2 aromatic rings. The van der Waals surface area contributed by atoms with Crippen molar-refractivity contribution in [2.24, 2.45) is 0 Å². The van der Waals surface area contributed by atoms with Crippen LogP contribution in [0.2, 0.25) is 0 Å². The SMILES string of the molecule is CC(=O)c1ccc(NC(C)C(=O)Nc2ccc3c(c2)OCCO3)cc1. The molecule has 2 N–H and O–H groups in total. The fourth-order valence-corrected chi connectivity index (χ4v) is 2.49. The Morgan fingerprint density at radius 3 is 2.28 bits per heavy atom. The van der Waals surface area contributed by atoms with Crippen molar-refractivity contribution >= 4 is 23.1 Å². The van der Waals surface area contributed by atoms with Gasteiger partial charge in [-0.05, 0) is 50.2 Å². The van der Waals surface area contributed by atoms with E-state index >= 15 is 0 Å². The third-order valence-electron chi connectivity index (χ3n) is 3.88. The summed E-state index contributed by atoms with van der Waals surface area (Å²) in [6.07, 6.45) is 0. The maximum absolute atomic E-state index is 12.4. The Kier molecular flexibility index (Phi) is 4.88. The van der Waals surface area contributed by atoms with Crippen molar-refractivity contribution in [3.05, 3.63) is 48.0 Å². The molecule has 25 heavy (non-hydrogen) atoms. The fourth-order valence-electron chi connectivity index (χ4n) is 2.49. The molecular formula is C19H20N2O4. The van der Waals surface area contributed by atoms with Crippen molar-refractivity contribution in [3.63, 3.8) is 0 Å². The molecule has 0 saturated carbocycles. The molecule has 0 bridgehead atoms. The number of ketones is 1. The highest BCUT2D eigenvalue weighted by molar-refractivity contribution is 5.97. The quantitative estimate of drug-likeness (QED) is 0.818. The maximum atomic E-state index is 12.4. The van der Waals surface area contributed by atoms with Gasteiger partial charge < -0.3 is 20.1 Å². The molecule has 0 spiro atoms. The average Bonchev–Trinajstić information content (AvgIpc) is 2.62. The van der Waals surface area contributed by atoms with Crippen LogP contribution in [0, 0.1) is 0 Å². The van der Waals surface area contributed by atoms with E-state index in [-0.39, 0.29) is 11.7 Å². The molecule has 1 aliphatic rings. The van der Waals surface area contributed by atoms with Crippen molar-refractivity contribution in [1.29, 1.82) is 0 Å². The van der Waals surface area contributed by atoms with Crippen LogP contribution in [-0.2, 0) is 4.79 Å². The van der Waals surface area contributed by atoms with Gasteiger partial charge in [0.15, 0.2) is 17.3 Å². The zero-order valence-electron chi connectivity index (χ0n) is 14.2. The highest BCUT2D eigenvalue weighted by Crippen LogP contribution is 2.32. The molecule has 0 saturated heterocycles. The molecule has 2 aromatic carbocycles. The zero-order valence-corrected chi connectivity index (χ0v) is 14.2. The van der Waals surface area contributed by atoms with Crippen LogP contribution in [0.5, 0.6) is 11.5 Å². The molecule has 3 rings (SSSR count). The van der Waals surface area contributed by atoms with Gasteiger partial charge in [-0.3, -0.25) is 9.59 Å². The van der Waals surface area contributed by atoms with E-state index in [4.69, 9.17) is 9.47 Å². The molecule has 0 aromatic heterocycles. The normalized spacial score (nSPS) is 13.7. The number of carbonyl (C=O) groups is 2. The number of hydrogen-bond donors (Lipinski definition) is 2. The first kappa shape index (κ1) is 16.8. The van der Waals surface area contributed by atoms with Crippen LogP contribution >= 0.6 is 0 Å². The van der Waals surface area contributed by atoms with Gasteiger partial charge in [0.1, 0.15) is 19.3 Å². The molecule has 1 aliphatic heterocycles.